The van der Waals surface area contributed by atoms with Gasteiger partial charge in [0.15, 0.2) is 0 Å². The van der Waals surface area contributed by atoms with Crippen LogP contribution in [0.2, 0.25) is 0 Å². The molecule has 0 unspecified atom stereocenters. The van der Waals surface area contributed by atoms with Crippen LogP contribution in [0.15, 0.2) is 41.3 Å². The fraction of sp³-hybridized carbons (Fsp3) is 0.214. The molecule has 0 saturated heterocycles. The Morgan fingerprint density at radius 1 is 1.11 bits per heavy atom. The normalized spacial score (nSPS) is 9.26. The summed E-state index contributed by atoms with van der Waals surface area (Å²) in [7, 11) is 1.34. The molecule has 0 radical (unpaired) electrons. The molecular weight excluding hydrogens is 308 g/mol. The van der Waals surface area contributed by atoms with Gasteiger partial charge in [-0.25, -0.2) is 14.8 Å². The van der Waals surface area contributed by atoms with Crippen molar-refractivity contribution in [1.82, 2.24) is 9.97 Å². The maximum Gasteiger partial charge on any atom is 0.356 e. The molecule has 2 aromatic heterocycles. The Labute approximate surface area is 121 Å². The van der Waals surface area contributed by atoms with E-state index in [1.54, 1.807) is 18.5 Å². The largest absolute Gasteiger partial charge is 0.464 e. The third-order valence-corrected chi connectivity index (χ3v) is 2.63. The number of rotatable bonds is 1. The van der Waals surface area contributed by atoms with Crippen LogP contribution in [0.25, 0.3) is 0 Å². The molecule has 100 valence electrons. The second-order valence-corrected chi connectivity index (χ2v) is 4.68. The second kappa shape index (κ2) is 7.63. The molecule has 2 heterocycles. The summed E-state index contributed by atoms with van der Waals surface area (Å²) < 4.78 is 5.39. The lowest BCUT2D eigenvalue weighted by molar-refractivity contribution is 0.0594. The van der Waals surface area contributed by atoms with Gasteiger partial charge in [-0.15, -0.1) is 0 Å². The van der Waals surface area contributed by atoms with Crippen molar-refractivity contribution in [2.75, 3.05) is 7.11 Å². The quantitative estimate of drug-likeness (QED) is 0.597. The number of ether oxygens (including phenoxy) is 1. The Hall–Kier alpha value is -1.75. The van der Waals surface area contributed by atoms with Gasteiger partial charge in [0, 0.05) is 12.4 Å². The number of nitrogens with zero attached hydrogens (tertiary/aromatic N) is 2. The van der Waals surface area contributed by atoms with Crippen LogP contribution < -0.4 is 0 Å². The van der Waals surface area contributed by atoms with Crippen molar-refractivity contribution in [2.24, 2.45) is 0 Å². The number of methoxy groups -OCH3 is 1. The third-order valence-electron chi connectivity index (χ3n) is 2.19. The van der Waals surface area contributed by atoms with E-state index in [1.807, 2.05) is 32.0 Å². The number of hydrogen-bond acceptors (Lipinski definition) is 4. The van der Waals surface area contributed by atoms with Gasteiger partial charge in [-0.1, -0.05) is 0 Å². The summed E-state index contributed by atoms with van der Waals surface area (Å²) in [6.07, 6.45) is 3.36. The third kappa shape index (κ3) is 5.61. The first-order valence-corrected chi connectivity index (χ1v) is 6.41. The number of carbonyl (C=O) groups is 1. The fourth-order valence-corrected chi connectivity index (χ4v) is 1.73. The van der Waals surface area contributed by atoms with Crippen LogP contribution in [0, 0.1) is 13.8 Å². The molecule has 2 aromatic rings. The van der Waals surface area contributed by atoms with E-state index < -0.39 is 5.97 Å². The number of halogens is 1. The van der Waals surface area contributed by atoms with E-state index in [9.17, 15) is 4.79 Å². The summed E-state index contributed by atoms with van der Waals surface area (Å²) in [4.78, 5) is 18.7. The Balaban J connectivity index is 0.000000200. The van der Waals surface area contributed by atoms with Crippen molar-refractivity contribution in [3.63, 3.8) is 0 Å². The van der Waals surface area contributed by atoms with E-state index in [1.165, 1.54) is 12.7 Å². The highest BCUT2D eigenvalue weighted by atomic mass is 79.9. The highest BCUT2D eigenvalue weighted by Gasteiger charge is 2.04. The molecular formula is C14H15BrN2O2. The molecule has 0 saturated carbocycles. The highest BCUT2D eigenvalue weighted by Crippen LogP contribution is 2.05. The van der Waals surface area contributed by atoms with Gasteiger partial charge in [0.1, 0.15) is 10.3 Å². The molecule has 0 amide bonds. The van der Waals surface area contributed by atoms with Crippen molar-refractivity contribution in [1.29, 1.82) is 0 Å². The average molecular weight is 323 g/mol. The van der Waals surface area contributed by atoms with E-state index >= 15 is 0 Å². The van der Waals surface area contributed by atoms with Crippen LogP contribution in [-0.4, -0.2) is 23.0 Å². The average Bonchev–Trinajstić information content (AvgIpc) is 2.38. The van der Waals surface area contributed by atoms with E-state index in [0.29, 0.717) is 5.69 Å². The molecule has 0 aliphatic heterocycles. The summed E-state index contributed by atoms with van der Waals surface area (Å²) in [6.45, 7) is 3.93. The highest BCUT2D eigenvalue weighted by molar-refractivity contribution is 9.10. The van der Waals surface area contributed by atoms with Crippen LogP contribution in [0.1, 0.15) is 21.6 Å². The molecule has 0 fully saturated rings. The van der Waals surface area contributed by atoms with E-state index in [-0.39, 0.29) is 0 Å². The lowest BCUT2D eigenvalue weighted by Crippen LogP contribution is -2.03. The zero-order valence-electron chi connectivity index (χ0n) is 11.1. The van der Waals surface area contributed by atoms with Gasteiger partial charge in [0.05, 0.1) is 7.11 Å². The van der Waals surface area contributed by atoms with E-state index in [4.69, 9.17) is 0 Å². The number of carbonyl (C=O) groups excluding carboxylic acids is 1. The van der Waals surface area contributed by atoms with Crippen LogP contribution in [-0.2, 0) is 4.74 Å². The molecule has 19 heavy (non-hydrogen) atoms. The zero-order chi connectivity index (χ0) is 14.3. The van der Waals surface area contributed by atoms with Crippen molar-refractivity contribution in [2.45, 2.75) is 13.8 Å². The zero-order valence-corrected chi connectivity index (χ0v) is 12.6. The Bertz CT molecular complexity index is 541. The molecule has 0 aromatic carbocycles. The summed E-state index contributed by atoms with van der Waals surface area (Å²) in [5.74, 6) is -0.395. The Morgan fingerprint density at radius 3 is 2.11 bits per heavy atom. The van der Waals surface area contributed by atoms with E-state index in [2.05, 4.69) is 30.6 Å². The fourth-order valence-electron chi connectivity index (χ4n) is 1.25. The molecule has 0 N–H and O–H groups in total. The first-order valence-electron chi connectivity index (χ1n) is 5.62. The molecule has 5 heteroatoms. The van der Waals surface area contributed by atoms with Crippen LogP contribution in [0.5, 0.6) is 0 Å². The second-order valence-electron chi connectivity index (χ2n) is 3.87. The number of aryl methyl sites for hydroxylation is 2. The molecule has 4 nitrogen and oxygen atoms in total. The Morgan fingerprint density at radius 2 is 1.68 bits per heavy atom. The van der Waals surface area contributed by atoms with Crippen molar-refractivity contribution >= 4 is 21.9 Å². The standard InChI is InChI=1S/C8H9NO2.C6H6BrN/c1-6-3-4-9-7(5-6)8(10)11-2;1-5-2-3-8-6(7)4-5/h3-5H,1-2H3;2-4H,1H3. The first-order chi connectivity index (χ1) is 9.02. The van der Waals surface area contributed by atoms with Crippen molar-refractivity contribution < 1.29 is 9.53 Å². The van der Waals surface area contributed by atoms with Gasteiger partial charge < -0.3 is 4.74 Å². The van der Waals surface area contributed by atoms with Gasteiger partial charge in [-0.05, 0) is 65.2 Å². The number of aromatic nitrogens is 2. The molecule has 0 bridgehead atoms. The number of esters is 1. The van der Waals surface area contributed by atoms with Gasteiger partial charge in [-0.3, -0.25) is 0 Å². The predicted octanol–water partition coefficient (Wildman–Crippen LogP) is 3.33. The molecule has 2 rings (SSSR count). The van der Waals surface area contributed by atoms with Gasteiger partial charge >= 0.3 is 5.97 Å². The maximum atomic E-state index is 10.9. The lowest BCUT2D eigenvalue weighted by Gasteiger charge is -1.97. The molecule has 0 aliphatic carbocycles. The van der Waals surface area contributed by atoms with Crippen molar-refractivity contribution in [3.8, 4) is 0 Å². The van der Waals surface area contributed by atoms with Crippen LogP contribution in [0.4, 0.5) is 0 Å². The van der Waals surface area contributed by atoms with Gasteiger partial charge in [0.25, 0.3) is 0 Å². The minimum atomic E-state index is -0.395. The summed E-state index contributed by atoms with van der Waals surface area (Å²) in [5.41, 5.74) is 2.58. The molecule has 0 atom stereocenters. The van der Waals surface area contributed by atoms with Gasteiger partial charge in [-0.2, -0.15) is 0 Å². The van der Waals surface area contributed by atoms with E-state index in [0.717, 1.165) is 10.2 Å². The summed E-state index contributed by atoms with van der Waals surface area (Å²) in [6, 6.07) is 7.45. The maximum absolute atomic E-state index is 10.9. The van der Waals surface area contributed by atoms with Crippen molar-refractivity contribution in [3.05, 3.63) is 58.1 Å². The van der Waals surface area contributed by atoms with Crippen LogP contribution >= 0.6 is 15.9 Å². The lowest BCUT2D eigenvalue weighted by atomic mass is 10.2. The first kappa shape index (κ1) is 15.3. The smallest absolute Gasteiger partial charge is 0.356 e. The Kier molecular flexibility index (Phi) is 6.15. The minimum absolute atomic E-state index is 0.354. The number of hydrogen-bond donors (Lipinski definition) is 0. The summed E-state index contributed by atoms with van der Waals surface area (Å²) >= 11 is 3.25. The minimum Gasteiger partial charge on any atom is -0.464 e. The monoisotopic (exact) mass is 322 g/mol. The van der Waals surface area contributed by atoms with Crippen LogP contribution in [0.3, 0.4) is 0 Å². The SMILES string of the molecule is COC(=O)c1cc(C)ccn1.Cc1ccnc(Br)c1. The molecule has 0 aliphatic rings. The topological polar surface area (TPSA) is 52.1 Å². The predicted molar refractivity (Wildman–Crippen MR) is 77.0 cm³/mol. The number of pyridine rings is 2. The summed E-state index contributed by atoms with van der Waals surface area (Å²) in [5, 5.41) is 0. The van der Waals surface area contributed by atoms with Gasteiger partial charge in [0.2, 0.25) is 0 Å². The molecule has 0 spiro atoms.